The minimum atomic E-state index is 0.770. The molecular weight excluding hydrogens is 478 g/mol. The third-order valence-corrected chi connectivity index (χ3v) is 5.96. The van der Waals surface area contributed by atoms with Crippen LogP contribution < -0.4 is 15.2 Å². The molecule has 39 heavy (non-hydrogen) atoms. The second kappa shape index (κ2) is 17.8. The monoisotopic (exact) mass is 527 g/mol. The minimum absolute atomic E-state index is 0.770. The predicted octanol–water partition coefficient (Wildman–Crippen LogP) is 8.57. The molecule has 0 aliphatic heterocycles. The molecule has 0 saturated heterocycles. The van der Waals surface area contributed by atoms with Gasteiger partial charge in [-0.3, -0.25) is 4.99 Å². The molecule has 4 aromatic rings. The Hall–Kier alpha value is -3.66. The van der Waals surface area contributed by atoms with Crippen molar-refractivity contribution in [3.05, 3.63) is 82.0 Å². The quantitative estimate of drug-likeness (QED) is 0.255. The minimum Gasteiger partial charge on any atom is -0.493 e. The summed E-state index contributed by atoms with van der Waals surface area (Å²) in [5.74, 6) is 1.95. The smallest absolute Gasteiger partial charge is 0.122 e. The second-order valence-electron chi connectivity index (χ2n) is 8.65. The van der Waals surface area contributed by atoms with Crippen LogP contribution in [0.2, 0.25) is 0 Å². The van der Waals surface area contributed by atoms with Gasteiger partial charge in [0.05, 0.1) is 17.6 Å². The maximum absolute atomic E-state index is 5.83. The maximum Gasteiger partial charge on any atom is 0.122 e. The molecule has 0 aliphatic rings. The molecule has 4 nitrogen and oxygen atoms in total. The summed E-state index contributed by atoms with van der Waals surface area (Å²) in [5.41, 5.74) is 8.01. The lowest BCUT2D eigenvalue weighted by Crippen LogP contribution is -2.26. The van der Waals surface area contributed by atoms with Crippen molar-refractivity contribution in [2.24, 2.45) is 4.99 Å². The standard InChI is InChI=1S/C19H22N2O.C12H15N.2C2H6/c1-4-10-22-19-9-7-15(11-14(19)5-2)16-6-8-17-18(12-16)21-13(3)20-17;1-5-13-11(4)12-8-6-7-9(2)10(12)3;2*1-2/h6-9,11-12H,4-5,10H2,1-3H3,(H,20,21);5-8H,3H2,1-2,4H3;2*1-2H3/b;12-11-,13-5?;;. The lowest BCUT2D eigenvalue weighted by atomic mass is 10.0. The van der Waals surface area contributed by atoms with Crippen LogP contribution in [0.5, 0.6) is 5.75 Å². The van der Waals surface area contributed by atoms with Crippen LogP contribution in [-0.4, -0.2) is 22.8 Å². The Bertz CT molecular complexity index is 1430. The summed E-state index contributed by atoms with van der Waals surface area (Å²) >= 11 is 0. The molecular formula is C35H49N3O. The van der Waals surface area contributed by atoms with E-state index in [4.69, 9.17) is 4.74 Å². The zero-order chi connectivity index (χ0) is 29.4. The largest absolute Gasteiger partial charge is 0.493 e. The molecule has 3 aromatic carbocycles. The number of rotatable bonds is 6. The van der Waals surface area contributed by atoms with Crippen LogP contribution in [0.15, 0.2) is 59.6 Å². The molecule has 4 heteroatoms. The Morgan fingerprint density at radius 1 is 0.974 bits per heavy atom. The molecule has 0 atom stereocenters. The van der Waals surface area contributed by atoms with Crippen LogP contribution in [0, 0.1) is 13.8 Å². The van der Waals surface area contributed by atoms with Crippen LogP contribution in [-0.2, 0) is 6.42 Å². The van der Waals surface area contributed by atoms with Crippen molar-refractivity contribution in [2.45, 2.75) is 82.1 Å². The topological polar surface area (TPSA) is 50.3 Å². The van der Waals surface area contributed by atoms with Gasteiger partial charge in [-0.2, -0.15) is 0 Å². The van der Waals surface area contributed by atoms with E-state index in [-0.39, 0.29) is 0 Å². The molecule has 0 saturated carbocycles. The summed E-state index contributed by atoms with van der Waals surface area (Å²) < 4.78 is 5.83. The highest BCUT2D eigenvalue weighted by Gasteiger charge is 2.07. The number of hydrogen-bond acceptors (Lipinski definition) is 3. The first-order valence-electron chi connectivity index (χ1n) is 14.3. The number of H-pyrrole nitrogens is 1. The van der Waals surface area contributed by atoms with Gasteiger partial charge in [0.2, 0.25) is 0 Å². The van der Waals surface area contributed by atoms with Crippen molar-refractivity contribution in [3.63, 3.8) is 0 Å². The van der Waals surface area contributed by atoms with Crippen LogP contribution in [0.1, 0.15) is 78.8 Å². The molecule has 0 amide bonds. The zero-order valence-electron chi connectivity index (χ0n) is 25.9. The van der Waals surface area contributed by atoms with E-state index in [1.807, 2.05) is 54.5 Å². The number of aromatic amines is 1. The van der Waals surface area contributed by atoms with Crippen molar-refractivity contribution in [3.8, 4) is 16.9 Å². The number of aryl methyl sites for hydroxylation is 3. The molecule has 0 aliphatic carbocycles. The molecule has 4 rings (SSSR count). The number of fused-ring (bicyclic) bond motifs is 1. The molecule has 1 heterocycles. The molecule has 0 bridgehead atoms. The Labute approximate surface area is 236 Å². The van der Waals surface area contributed by atoms with Gasteiger partial charge in [-0.05, 0) is 92.3 Å². The summed E-state index contributed by atoms with van der Waals surface area (Å²) in [6.45, 7) is 25.1. The van der Waals surface area contributed by atoms with E-state index in [9.17, 15) is 0 Å². The van der Waals surface area contributed by atoms with Crippen molar-refractivity contribution in [2.75, 3.05) is 6.61 Å². The van der Waals surface area contributed by atoms with Gasteiger partial charge in [-0.25, -0.2) is 4.98 Å². The molecule has 1 aromatic heterocycles. The molecule has 0 fully saturated rings. The van der Waals surface area contributed by atoms with Crippen LogP contribution in [0.4, 0.5) is 0 Å². The fourth-order valence-electron chi connectivity index (χ4n) is 4.01. The van der Waals surface area contributed by atoms with E-state index < -0.39 is 0 Å². The normalized spacial score (nSPS) is 11.0. The second-order valence-corrected chi connectivity index (χ2v) is 8.65. The van der Waals surface area contributed by atoms with Gasteiger partial charge in [0.25, 0.3) is 0 Å². The third-order valence-electron chi connectivity index (χ3n) is 5.96. The molecule has 0 spiro atoms. The van der Waals surface area contributed by atoms with E-state index >= 15 is 0 Å². The summed E-state index contributed by atoms with van der Waals surface area (Å²) in [6.07, 6.45) is 3.80. The van der Waals surface area contributed by atoms with E-state index in [0.29, 0.717) is 0 Å². The van der Waals surface area contributed by atoms with Gasteiger partial charge in [0, 0.05) is 17.1 Å². The first-order chi connectivity index (χ1) is 18.9. The lowest BCUT2D eigenvalue weighted by Gasteiger charge is -2.12. The maximum atomic E-state index is 5.83. The number of imidazole rings is 1. The molecule has 0 unspecified atom stereocenters. The van der Waals surface area contributed by atoms with Gasteiger partial charge < -0.3 is 9.72 Å². The van der Waals surface area contributed by atoms with Crippen molar-refractivity contribution in [1.29, 1.82) is 0 Å². The average molecular weight is 528 g/mol. The predicted molar refractivity (Wildman–Crippen MR) is 173 cm³/mol. The van der Waals surface area contributed by atoms with E-state index in [2.05, 4.69) is 90.8 Å². The van der Waals surface area contributed by atoms with Crippen LogP contribution in [0.3, 0.4) is 0 Å². The van der Waals surface area contributed by atoms with Gasteiger partial charge >= 0.3 is 0 Å². The number of benzene rings is 3. The van der Waals surface area contributed by atoms with E-state index in [1.54, 1.807) is 6.21 Å². The average Bonchev–Trinajstić information content (AvgIpc) is 3.35. The Kier molecular flexibility index (Phi) is 15.2. The zero-order valence-corrected chi connectivity index (χ0v) is 25.9. The molecule has 1 N–H and O–H groups in total. The first kappa shape index (κ1) is 33.4. The van der Waals surface area contributed by atoms with E-state index in [0.717, 1.165) is 58.2 Å². The number of aromatic nitrogens is 2. The van der Waals surface area contributed by atoms with Crippen molar-refractivity contribution >= 4 is 29.5 Å². The molecule has 210 valence electrons. The fraction of sp³-hybridized carbons (Fsp3) is 0.371. The number of hydrogen-bond donors (Lipinski definition) is 1. The highest BCUT2D eigenvalue weighted by molar-refractivity contribution is 5.82. The number of nitrogens with zero attached hydrogens (tertiary/aromatic N) is 2. The number of nitrogens with one attached hydrogen (secondary N) is 1. The Morgan fingerprint density at radius 3 is 2.28 bits per heavy atom. The summed E-state index contributed by atoms with van der Waals surface area (Å²) in [6, 6.07) is 19.0. The van der Waals surface area contributed by atoms with Gasteiger partial charge in [0.15, 0.2) is 0 Å². The van der Waals surface area contributed by atoms with Gasteiger partial charge in [0.1, 0.15) is 11.6 Å². The van der Waals surface area contributed by atoms with Gasteiger partial charge in [-0.1, -0.05) is 78.5 Å². The lowest BCUT2D eigenvalue weighted by molar-refractivity contribution is 0.314. The Morgan fingerprint density at radius 2 is 1.64 bits per heavy atom. The van der Waals surface area contributed by atoms with Crippen LogP contribution >= 0.6 is 0 Å². The fourth-order valence-corrected chi connectivity index (χ4v) is 4.01. The first-order valence-corrected chi connectivity index (χ1v) is 14.3. The van der Waals surface area contributed by atoms with E-state index in [1.165, 1.54) is 22.3 Å². The highest BCUT2D eigenvalue weighted by Crippen LogP contribution is 2.29. The Balaban J connectivity index is 0.000000383. The number of ether oxygens (including phenoxy) is 1. The summed E-state index contributed by atoms with van der Waals surface area (Å²) in [7, 11) is 0. The summed E-state index contributed by atoms with van der Waals surface area (Å²) in [4.78, 5) is 12.0. The van der Waals surface area contributed by atoms with Crippen LogP contribution in [0.25, 0.3) is 34.4 Å². The van der Waals surface area contributed by atoms with Crippen molar-refractivity contribution in [1.82, 2.24) is 9.97 Å². The van der Waals surface area contributed by atoms with Crippen molar-refractivity contribution < 1.29 is 4.74 Å². The SMILES string of the molecule is C=c1c(C)ccc/c1=C(\C)N=CC.CC.CC.CCCOc1ccc(-c2ccc3nc(C)[nH]c3c2)cc1CC. The summed E-state index contributed by atoms with van der Waals surface area (Å²) in [5, 5.41) is 2.21. The highest BCUT2D eigenvalue weighted by atomic mass is 16.5. The third kappa shape index (κ3) is 9.55. The molecule has 0 radical (unpaired) electrons. The van der Waals surface area contributed by atoms with Gasteiger partial charge in [-0.15, -0.1) is 0 Å². The number of aliphatic imine (C=N–C) groups is 1.